The van der Waals surface area contributed by atoms with Crippen molar-refractivity contribution in [1.82, 2.24) is 9.88 Å². The summed E-state index contributed by atoms with van der Waals surface area (Å²) in [4.78, 5) is 30.0. The van der Waals surface area contributed by atoms with E-state index < -0.39 is 6.04 Å². The van der Waals surface area contributed by atoms with E-state index in [2.05, 4.69) is 10.3 Å². The zero-order valence-electron chi connectivity index (χ0n) is 12.2. The molecule has 2 heterocycles. The Balaban J connectivity index is 2.14. The Labute approximate surface area is 119 Å². The molecular weight excluding hydrogens is 254 g/mol. The van der Waals surface area contributed by atoms with Crippen LogP contribution in [0.4, 0.5) is 5.69 Å². The summed E-state index contributed by atoms with van der Waals surface area (Å²) >= 11 is 0. The van der Waals surface area contributed by atoms with Crippen molar-refractivity contribution in [2.75, 3.05) is 5.32 Å². The molecule has 5 heteroatoms. The molecule has 0 bridgehead atoms. The molecular formula is C15H21N3O2. The summed E-state index contributed by atoms with van der Waals surface area (Å²) in [6, 6.07) is 1.39. The number of hydrogen-bond donors (Lipinski definition) is 1. The van der Waals surface area contributed by atoms with Gasteiger partial charge in [-0.15, -0.1) is 0 Å². The van der Waals surface area contributed by atoms with E-state index in [1.165, 1.54) is 4.90 Å². The number of nitrogens with one attached hydrogen (secondary N) is 1. The average Bonchev–Trinajstić information content (AvgIpc) is 2.71. The lowest BCUT2D eigenvalue weighted by atomic mass is 10.1. The molecule has 0 saturated carbocycles. The van der Waals surface area contributed by atoms with Gasteiger partial charge in [0.25, 0.3) is 5.91 Å². The third kappa shape index (κ3) is 2.66. The summed E-state index contributed by atoms with van der Waals surface area (Å²) in [6.45, 7) is 5.93. The zero-order valence-corrected chi connectivity index (χ0v) is 12.2. The number of rotatable bonds is 5. The van der Waals surface area contributed by atoms with Gasteiger partial charge in [0.1, 0.15) is 6.04 Å². The number of amides is 2. The Bertz CT molecular complexity index is 512. The van der Waals surface area contributed by atoms with Crippen LogP contribution in [0.2, 0.25) is 0 Å². The van der Waals surface area contributed by atoms with Gasteiger partial charge in [0, 0.05) is 24.1 Å². The van der Waals surface area contributed by atoms with Gasteiger partial charge in [0.15, 0.2) is 0 Å². The second-order valence-corrected chi connectivity index (χ2v) is 5.16. The lowest BCUT2D eigenvalue weighted by molar-refractivity contribution is -0.141. The first-order valence-electron chi connectivity index (χ1n) is 7.11. The van der Waals surface area contributed by atoms with Crippen LogP contribution in [0.3, 0.4) is 0 Å². The molecule has 1 aromatic rings. The molecule has 1 saturated heterocycles. The molecule has 1 N–H and O–H groups in total. The highest BCUT2D eigenvalue weighted by Gasteiger charge is 2.41. The molecule has 108 valence electrons. The molecule has 20 heavy (non-hydrogen) atoms. The number of carbonyl (C=O) groups excluding carboxylic acids is 2. The number of aryl methyl sites for hydroxylation is 1. The minimum absolute atomic E-state index is 0.0142. The summed E-state index contributed by atoms with van der Waals surface area (Å²) in [6.07, 6.45) is 5.25. The highest BCUT2D eigenvalue weighted by atomic mass is 16.2. The molecule has 0 radical (unpaired) electrons. The van der Waals surface area contributed by atoms with Gasteiger partial charge in [-0.3, -0.25) is 19.5 Å². The lowest BCUT2D eigenvalue weighted by Crippen LogP contribution is -2.41. The number of anilines is 1. The maximum absolute atomic E-state index is 12.4. The number of carbonyl (C=O) groups is 2. The van der Waals surface area contributed by atoms with E-state index in [0.717, 1.165) is 24.1 Å². The van der Waals surface area contributed by atoms with Crippen molar-refractivity contribution < 1.29 is 9.59 Å². The number of nitrogens with zero attached hydrogens (tertiary/aromatic N) is 2. The Morgan fingerprint density at radius 2 is 2.10 bits per heavy atom. The van der Waals surface area contributed by atoms with Gasteiger partial charge in [0.2, 0.25) is 5.91 Å². The first kappa shape index (κ1) is 14.5. The van der Waals surface area contributed by atoms with Crippen LogP contribution in [0.25, 0.3) is 0 Å². The molecule has 1 fully saturated rings. The third-order valence-electron chi connectivity index (χ3n) is 3.84. The zero-order chi connectivity index (χ0) is 14.7. The fourth-order valence-corrected chi connectivity index (χ4v) is 2.62. The highest BCUT2D eigenvalue weighted by molar-refractivity contribution is 6.07. The van der Waals surface area contributed by atoms with Crippen LogP contribution in [-0.2, 0) is 9.59 Å². The van der Waals surface area contributed by atoms with E-state index >= 15 is 0 Å². The standard InChI is InChI=1S/C15H21N3O2/c1-4-11(5-2)18-14(19)8-13(15(18)20)17-12-6-7-16-9-10(12)3/h6-7,9,11,13H,4-5,8H2,1-3H3,(H,16,17). The van der Waals surface area contributed by atoms with Crippen molar-refractivity contribution in [1.29, 1.82) is 0 Å². The van der Waals surface area contributed by atoms with Gasteiger partial charge < -0.3 is 5.32 Å². The maximum Gasteiger partial charge on any atom is 0.252 e. The summed E-state index contributed by atoms with van der Waals surface area (Å²) in [5.41, 5.74) is 1.83. The largest absolute Gasteiger partial charge is 0.373 e. The molecule has 1 aliphatic rings. The highest BCUT2D eigenvalue weighted by Crippen LogP contribution is 2.23. The Morgan fingerprint density at radius 3 is 2.70 bits per heavy atom. The van der Waals surface area contributed by atoms with Crippen molar-refractivity contribution in [3.05, 3.63) is 24.0 Å². The average molecular weight is 275 g/mol. The molecule has 2 rings (SSSR count). The Hall–Kier alpha value is -1.91. The monoisotopic (exact) mass is 275 g/mol. The lowest BCUT2D eigenvalue weighted by Gasteiger charge is -2.24. The second kappa shape index (κ2) is 6.03. The molecule has 1 unspecified atom stereocenters. The van der Waals surface area contributed by atoms with E-state index in [1.807, 2.05) is 26.8 Å². The normalized spacial score (nSPS) is 19.0. The molecule has 0 aromatic carbocycles. The van der Waals surface area contributed by atoms with Crippen molar-refractivity contribution in [2.45, 2.75) is 52.1 Å². The van der Waals surface area contributed by atoms with E-state index in [9.17, 15) is 9.59 Å². The number of imide groups is 1. The van der Waals surface area contributed by atoms with Crippen LogP contribution < -0.4 is 5.32 Å². The SMILES string of the molecule is CCC(CC)N1C(=O)CC(Nc2ccncc2C)C1=O. The summed E-state index contributed by atoms with van der Waals surface area (Å²) in [7, 11) is 0. The quantitative estimate of drug-likeness (QED) is 0.836. The van der Waals surface area contributed by atoms with Gasteiger partial charge in [-0.2, -0.15) is 0 Å². The molecule has 0 aliphatic carbocycles. The van der Waals surface area contributed by atoms with E-state index in [-0.39, 0.29) is 24.3 Å². The number of hydrogen-bond acceptors (Lipinski definition) is 4. The number of aromatic nitrogens is 1. The van der Waals surface area contributed by atoms with Gasteiger partial charge in [-0.05, 0) is 31.4 Å². The Kier molecular flexibility index (Phi) is 4.37. The van der Waals surface area contributed by atoms with E-state index in [1.54, 1.807) is 12.4 Å². The summed E-state index contributed by atoms with van der Waals surface area (Å²) in [5, 5.41) is 3.17. The van der Waals surface area contributed by atoms with Crippen molar-refractivity contribution in [2.24, 2.45) is 0 Å². The predicted octanol–water partition coefficient (Wildman–Crippen LogP) is 2.12. The summed E-state index contributed by atoms with van der Waals surface area (Å²) in [5.74, 6) is -0.187. The van der Waals surface area contributed by atoms with E-state index in [4.69, 9.17) is 0 Å². The number of pyridine rings is 1. The van der Waals surface area contributed by atoms with Crippen molar-refractivity contribution in [3.8, 4) is 0 Å². The first-order chi connectivity index (χ1) is 9.58. The van der Waals surface area contributed by atoms with Crippen LogP contribution in [-0.4, -0.2) is 33.8 Å². The third-order valence-corrected chi connectivity index (χ3v) is 3.84. The topological polar surface area (TPSA) is 62.3 Å². The van der Waals surface area contributed by atoms with Crippen LogP contribution in [0.5, 0.6) is 0 Å². The number of likely N-dealkylation sites (tertiary alicyclic amines) is 1. The second-order valence-electron chi connectivity index (χ2n) is 5.16. The minimum Gasteiger partial charge on any atom is -0.373 e. The van der Waals surface area contributed by atoms with Crippen LogP contribution >= 0.6 is 0 Å². The van der Waals surface area contributed by atoms with Gasteiger partial charge in [0.05, 0.1) is 6.42 Å². The fraction of sp³-hybridized carbons (Fsp3) is 0.533. The maximum atomic E-state index is 12.4. The van der Waals surface area contributed by atoms with Crippen LogP contribution in [0.1, 0.15) is 38.7 Å². The molecule has 5 nitrogen and oxygen atoms in total. The van der Waals surface area contributed by atoms with E-state index in [0.29, 0.717) is 0 Å². The van der Waals surface area contributed by atoms with Gasteiger partial charge >= 0.3 is 0 Å². The molecule has 1 aromatic heterocycles. The van der Waals surface area contributed by atoms with Gasteiger partial charge in [-0.1, -0.05) is 13.8 Å². The predicted molar refractivity (Wildman–Crippen MR) is 77.2 cm³/mol. The Morgan fingerprint density at radius 1 is 1.40 bits per heavy atom. The van der Waals surface area contributed by atoms with Gasteiger partial charge in [-0.25, -0.2) is 0 Å². The fourth-order valence-electron chi connectivity index (χ4n) is 2.62. The first-order valence-corrected chi connectivity index (χ1v) is 7.11. The van der Waals surface area contributed by atoms with Crippen molar-refractivity contribution >= 4 is 17.5 Å². The molecule has 2 amide bonds. The molecule has 1 aliphatic heterocycles. The molecule has 1 atom stereocenters. The smallest absolute Gasteiger partial charge is 0.252 e. The minimum atomic E-state index is -0.454. The molecule has 0 spiro atoms. The summed E-state index contributed by atoms with van der Waals surface area (Å²) < 4.78 is 0. The van der Waals surface area contributed by atoms with Crippen LogP contribution in [0, 0.1) is 6.92 Å². The van der Waals surface area contributed by atoms with Crippen molar-refractivity contribution in [3.63, 3.8) is 0 Å². The van der Waals surface area contributed by atoms with Crippen LogP contribution in [0.15, 0.2) is 18.5 Å².